The van der Waals surface area contributed by atoms with E-state index in [1.54, 1.807) is 18.5 Å². The van der Waals surface area contributed by atoms with Gasteiger partial charge >= 0.3 is 0 Å². The minimum absolute atomic E-state index is 0.0480. The maximum atomic E-state index is 12.5. The number of likely N-dealkylation sites (tertiary alicyclic amines) is 1. The molecule has 0 spiro atoms. The van der Waals surface area contributed by atoms with Crippen LogP contribution in [0.2, 0.25) is 0 Å². The van der Waals surface area contributed by atoms with Gasteiger partial charge in [0.2, 0.25) is 5.95 Å². The number of hydrogen-bond donors (Lipinski definition) is 1. The summed E-state index contributed by atoms with van der Waals surface area (Å²) in [4.78, 5) is 22.8. The number of anilines is 1. The second-order valence-electron chi connectivity index (χ2n) is 5.02. The number of carbonyl (C=O) groups is 1. The molecule has 1 unspecified atom stereocenters. The van der Waals surface area contributed by atoms with E-state index >= 15 is 0 Å². The summed E-state index contributed by atoms with van der Waals surface area (Å²) in [5.41, 5.74) is 0.564. The van der Waals surface area contributed by atoms with E-state index in [0.717, 1.165) is 25.8 Å². The first-order valence-corrected chi connectivity index (χ1v) is 7.24. The number of nitrogens with one attached hydrogen (secondary N) is 1. The zero-order chi connectivity index (χ0) is 14.4. The molecule has 1 aromatic heterocycles. The molecule has 2 heterocycles. The second kappa shape index (κ2) is 7.03. The molecule has 1 aliphatic rings. The molecule has 1 N–H and O–H groups in total. The predicted octanol–water partition coefficient (Wildman–Crippen LogP) is 2.48. The molecule has 1 atom stereocenters. The van der Waals surface area contributed by atoms with Crippen LogP contribution in [0.3, 0.4) is 0 Å². The molecule has 5 heteroatoms. The van der Waals surface area contributed by atoms with Crippen molar-refractivity contribution in [3.8, 4) is 0 Å². The normalized spacial score (nSPS) is 18.6. The molecule has 0 aromatic carbocycles. The van der Waals surface area contributed by atoms with Crippen LogP contribution in [0.15, 0.2) is 25.0 Å². The topological polar surface area (TPSA) is 58.1 Å². The van der Waals surface area contributed by atoms with Crippen molar-refractivity contribution < 1.29 is 4.79 Å². The Bertz CT molecular complexity index is 457. The summed E-state index contributed by atoms with van der Waals surface area (Å²) in [5, 5.41) is 2.99. The van der Waals surface area contributed by atoms with Crippen LogP contribution in [0.1, 0.15) is 43.0 Å². The van der Waals surface area contributed by atoms with Crippen LogP contribution in [-0.2, 0) is 0 Å². The highest BCUT2D eigenvalue weighted by Crippen LogP contribution is 2.21. The summed E-state index contributed by atoms with van der Waals surface area (Å²) in [5.74, 6) is 0.568. The van der Waals surface area contributed by atoms with Gasteiger partial charge in [-0.25, -0.2) is 9.97 Å². The zero-order valence-corrected chi connectivity index (χ0v) is 12.0. The number of piperidine rings is 1. The summed E-state index contributed by atoms with van der Waals surface area (Å²) < 4.78 is 0. The Morgan fingerprint density at radius 1 is 1.50 bits per heavy atom. The van der Waals surface area contributed by atoms with Crippen LogP contribution >= 0.6 is 0 Å². The maximum absolute atomic E-state index is 12.5. The van der Waals surface area contributed by atoms with Crippen molar-refractivity contribution in [2.24, 2.45) is 0 Å². The Kier molecular flexibility index (Phi) is 5.09. The monoisotopic (exact) mass is 274 g/mol. The van der Waals surface area contributed by atoms with Crippen LogP contribution in [-0.4, -0.2) is 39.9 Å². The lowest BCUT2D eigenvalue weighted by Gasteiger charge is -2.35. The third kappa shape index (κ3) is 3.35. The smallest absolute Gasteiger partial charge is 0.257 e. The number of rotatable bonds is 5. The lowest BCUT2D eigenvalue weighted by molar-refractivity contribution is 0.0607. The molecule has 5 nitrogen and oxygen atoms in total. The largest absolute Gasteiger partial charge is 0.351 e. The fourth-order valence-electron chi connectivity index (χ4n) is 2.55. The van der Waals surface area contributed by atoms with E-state index in [4.69, 9.17) is 0 Å². The average molecular weight is 274 g/mol. The molecule has 1 amide bonds. The average Bonchev–Trinajstić information content (AvgIpc) is 2.52. The summed E-state index contributed by atoms with van der Waals surface area (Å²) >= 11 is 0. The van der Waals surface area contributed by atoms with Crippen LogP contribution in [0.25, 0.3) is 0 Å². The Labute approximate surface area is 120 Å². The van der Waals surface area contributed by atoms with Gasteiger partial charge in [0.1, 0.15) is 0 Å². The van der Waals surface area contributed by atoms with E-state index in [9.17, 15) is 4.79 Å². The number of aromatic nitrogens is 2. The molecule has 0 bridgehead atoms. The SMILES string of the molecule is C=CCNc1ncc(C(=O)N2CCCCC2CC)cn1. The summed E-state index contributed by atoms with van der Waals surface area (Å²) in [6, 6.07) is 0.356. The molecule has 20 heavy (non-hydrogen) atoms. The van der Waals surface area contributed by atoms with Gasteiger partial charge in [-0.2, -0.15) is 0 Å². The fraction of sp³-hybridized carbons (Fsp3) is 0.533. The number of amides is 1. The third-order valence-corrected chi connectivity index (χ3v) is 3.66. The van der Waals surface area contributed by atoms with Gasteiger partial charge in [-0.1, -0.05) is 13.0 Å². The van der Waals surface area contributed by atoms with E-state index in [2.05, 4.69) is 28.8 Å². The molecular weight excluding hydrogens is 252 g/mol. The van der Waals surface area contributed by atoms with Crippen molar-refractivity contribution in [3.05, 3.63) is 30.6 Å². The molecule has 0 radical (unpaired) electrons. The van der Waals surface area contributed by atoms with Crippen molar-refractivity contribution in [1.29, 1.82) is 0 Å². The van der Waals surface area contributed by atoms with Gasteiger partial charge in [-0.15, -0.1) is 6.58 Å². The Balaban J connectivity index is 2.05. The Morgan fingerprint density at radius 3 is 2.90 bits per heavy atom. The van der Waals surface area contributed by atoms with Gasteiger partial charge in [0.05, 0.1) is 5.56 Å². The fourth-order valence-corrected chi connectivity index (χ4v) is 2.55. The Hall–Kier alpha value is -1.91. The lowest BCUT2D eigenvalue weighted by atomic mass is 9.99. The quantitative estimate of drug-likeness (QED) is 0.838. The van der Waals surface area contributed by atoms with Crippen LogP contribution in [0, 0.1) is 0 Å². The van der Waals surface area contributed by atoms with Crippen LogP contribution in [0.4, 0.5) is 5.95 Å². The molecule has 0 aliphatic carbocycles. The van der Waals surface area contributed by atoms with Gasteiger partial charge in [0, 0.05) is 31.5 Å². The third-order valence-electron chi connectivity index (χ3n) is 3.66. The van der Waals surface area contributed by atoms with Crippen LogP contribution < -0.4 is 5.32 Å². The molecule has 1 fully saturated rings. The zero-order valence-electron chi connectivity index (χ0n) is 12.0. The van der Waals surface area contributed by atoms with Crippen molar-refractivity contribution >= 4 is 11.9 Å². The number of carbonyl (C=O) groups excluding carboxylic acids is 1. The molecule has 0 saturated carbocycles. The van der Waals surface area contributed by atoms with Crippen molar-refractivity contribution in [2.75, 3.05) is 18.4 Å². The molecule has 108 valence electrons. The maximum Gasteiger partial charge on any atom is 0.257 e. The van der Waals surface area contributed by atoms with E-state index in [0.29, 0.717) is 24.1 Å². The molecule has 1 aliphatic heterocycles. The van der Waals surface area contributed by atoms with Crippen LogP contribution in [0.5, 0.6) is 0 Å². The lowest BCUT2D eigenvalue weighted by Crippen LogP contribution is -2.43. The summed E-state index contributed by atoms with van der Waals surface area (Å²) in [6.07, 6.45) is 9.34. The summed E-state index contributed by atoms with van der Waals surface area (Å²) in [6.45, 7) is 7.21. The van der Waals surface area contributed by atoms with Gasteiger partial charge in [0.25, 0.3) is 5.91 Å². The number of hydrogen-bond acceptors (Lipinski definition) is 4. The minimum Gasteiger partial charge on any atom is -0.351 e. The first-order chi connectivity index (χ1) is 9.76. The predicted molar refractivity (Wildman–Crippen MR) is 79.7 cm³/mol. The van der Waals surface area contributed by atoms with Gasteiger partial charge in [-0.3, -0.25) is 4.79 Å². The van der Waals surface area contributed by atoms with E-state index in [1.165, 1.54) is 6.42 Å². The van der Waals surface area contributed by atoms with E-state index in [-0.39, 0.29) is 5.91 Å². The van der Waals surface area contributed by atoms with Crippen molar-refractivity contribution in [2.45, 2.75) is 38.6 Å². The highest BCUT2D eigenvalue weighted by atomic mass is 16.2. The van der Waals surface area contributed by atoms with Gasteiger partial charge in [0.15, 0.2) is 0 Å². The minimum atomic E-state index is 0.0480. The Morgan fingerprint density at radius 2 is 2.25 bits per heavy atom. The van der Waals surface area contributed by atoms with E-state index < -0.39 is 0 Å². The second-order valence-corrected chi connectivity index (χ2v) is 5.02. The van der Waals surface area contributed by atoms with E-state index in [1.807, 2.05) is 4.90 Å². The molecular formula is C15H22N4O. The number of nitrogens with zero attached hydrogens (tertiary/aromatic N) is 3. The van der Waals surface area contributed by atoms with Crippen molar-refractivity contribution in [3.63, 3.8) is 0 Å². The first kappa shape index (κ1) is 14.5. The van der Waals surface area contributed by atoms with Gasteiger partial charge < -0.3 is 10.2 Å². The van der Waals surface area contributed by atoms with Crippen molar-refractivity contribution in [1.82, 2.24) is 14.9 Å². The first-order valence-electron chi connectivity index (χ1n) is 7.24. The highest BCUT2D eigenvalue weighted by Gasteiger charge is 2.26. The molecule has 2 rings (SSSR count). The van der Waals surface area contributed by atoms with Gasteiger partial charge in [-0.05, 0) is 25.7 Å². The standard InChI is InChI=1S/C15H22N4O/c1-3-8-16-15-17-10-12(11-18-15)14(20)19-9-6-5-7-13(19)4-2/h3,10-11,13H,1,4-9H2,2H3,(H,16,17,18). The highest BCUT2D eigenvalue weighted by molar-refractivity contribution is 5.94. The summed E-state index contributed by atoms with van der Waals surface area (Å²) in [7, 11) is 0. The molecule has 1 aromatic rings. The molecule has 1 saturated heterocycles.